The fourth-order valence-corrected chi connectivity index (χ4v) is 3.68. The third-order valence-electron chi connectivity index (χ3n) is 5.10. The van der Waals surface area contributed by atoms with Gasteiger partial charge in [-0.15, -0.1) is 0 Å². The maximum absolute atomic E-state index is 13.2. The molecule has 0 saturated carbocycles. The molecule has 2 N–H and O–H groups in total. The van der Waals surface area contributed by atoms with Crippen molar-refractivity contribution in [2.75, 3.05) is 5.32 Å². The number of carbonyl (C=O) groups is 1. The highest BCUT2D eigenvalue weighted by Crippen LogP contribution is 2.19. The highest BCUT2D eigenvalue weighted by atomic mass is 32.1. The first-order valence-electron chi connectivity index (χ1n) is 10.2. The summed E-state index contributed by atoms with van der Waals surface area (Å²) in [6, 6.07) is 24.4. The molecule has 32 heavy (non-hydrogen) atoms. The fourth-order valence-electron chi connectivity index (χ4n) is 3.45. The van der Waals surface area contributed by atoms with Crippen LogP contribution in [-0.4, -0.2) is 20.6 Å². The first-order chi connectivity index (χ1) is 15.5. The summed E-state index contributed by atoms with van der Waals surface area (Å²) >= 11 is 5.27. The number of anilines is 1. The molecule has 4 rings (SSSR count). The predicted molar refractivity (Wildman–Crippen MR) is 132 cm³/mol. The molecule has 7 heteroatoms. The van der Waals surface area contributed by atoms with Crippen molar-refractivity contribution >= 4 is 39.8 Å². The smallest absolute Gasteiger partial charge is 0.261 e. The molecule has 0 aliphatic heterocycles. The summed E-state index contributed by atoms with van der Waals surface area (Å²) in [4.78, 5) is 30.4. The molecule has 1 amide bonds. The largest absolute Gasteiger partial charge is 0.332 e. The first-order valence-corrected chi connectivity index (χ1v) is 10.7. The second kappa shape index (κ2) is 9.53. The molecular weight excluding hydrogens is 420 g/mol. The molecule has 0 radical (unpaired) electrons. The summed E-state index contributed by atoms with van der Waals surface area (Å²) in [5.41, 5.74) is 3.11. The minimum absolute atomic E-state index is 0.0787. The standard InChI is InChI=1S/C25H22N4O2S/c1-17-9-5-7-13-20(17)27-25(32)28-22(30)15-16-29-23(18-10-3-2-4-11-18)26-21-14-8-6-12-19(21)24(29)31/h2-14H,15-16H2,1H3,(H2,27,28,30,32). The van der Waals surface area contributed by atoms with E-state index in [0.29, 0.717) is 16.7 Å². The lowest BCUT2D eigenvalue weighted by Crippen LogP contribution is -2.35. The van der Waals surface area contributed by atoms with Crippen LogP contribution in [0.4, 0.5) is 5.69 Å². The number of hydrogen-bond acceptors (Lipinski definition) is 4. The first kappa shape index (κ1) is 21.4. The van der Waals surface area contributed by atoms with Crippen molar-refractivity contribution in [3.63, 3.8) is 0 Å². The minimum atomic E-state index is -0.282. The number of benzene rings is 3. The van der Waals surface area contributed by atoms with Crippen molar-refractivity contribution < 1.29 is 4.79 Å². The Balaban J connectivity index is 1.54. The average Bonchev–Trinajstić information content (AvgIpc) is 2.80. The van der Waals surface area contributed by atoms with Crippen LogP contribution in [0.3, 0.4) is 0 Å². The molecule has 6 nitrogen and oxygen atoms in total. The Kier molecular flexibility index (Phi) is 6.37. The van der Waals surface area contributed by atoms with E-state index in [1.54, 1.807) is 16.7 Å². The zero-order chi connectivity index (χ0) is 22.5. The zero-order valence-electron chi connectivity index (χ0n) is 17.5. The van der Waals surface area contributed by atoms with Crippen molar-refractivity contribution in [3.05, 3.63) is 94.8 Å². The van der Waals surface area contributed by atoms with E-state index in [0.717, 1.165) is 16.8 Å². The van der Waals surface area contributed by atoms with Crippen LogP contribution in [0.15, 0.2) is 83.7 Å². The second-order valence-electron chi connectivity index (χ2n) is 7.34. The molecule has 1 heterocycles. The molecule has 0 saturated heterocycles. The third kappa shape index (κ3) is 4.73. The van der Waals surface area contributed by atoms with Gasteiger partial charge in [-0.1, -0.05) is 60.7 Å². The van der Waals surface area contributed by atoms with Crippen molar-refractivity contribution in [2.24, 2.45) is 0 Å². The summed E-state index contributed by atoms with van der Waals surface area (Å²) in [6.45, 7) is 2.14. The number of amides is 1. The molecule has 0 spiro atoms. The topological polar surface area (TPSA) is 76.0 Å². The molecule has 0 bridgehead atoms. The number of aromatic nitrogens is 2. The molecule has 0 fully saturated rings. The second-order valence-corrected chi connectivity index (χ2v) is 7.75. The molecule has 1 aromatic heterocycles. The molecule has 0 aliphatic rings. The van der Waals surface area contributed by atoms with Gasteiger partial charge < -0.3 is 10.6 Å². The van der Waals surface area contributed by atoms with E-state index in [1.807, 2.05) is 73.7 Å². The number of aryl methyl sites for hydroxylation is 1. The van der Waals surface area contributed by atoms with Gasteiger partial charge in [-0.2, -0.15) is 0 Å². The van der Waals surface area contributed by atoms with Gasteiger partial charge in [0.1, 0.15) is 5.82 Å². The average molecular weight is 443 g/mol. The maximum atomic E-state index is 13.2. The highest BCUT2D eigenvalue weighted by molar-refractivity contribution is 7.80. The van der Waals surface area contributed by atoms with E-state index < -0.39 is 0 Å². The summed E-state index contributed by atoms with van der Waals surface area (Å²) in [7, 11) is 0. The molecule has 4 aromatic rings. The third-order valence-corrected chi connectivity index (χ3v) is 5.31. The number of para-hydroxylation sites is 2. The summed E-state index contributed by atoms with van der Waals surface area (Å²) < 4.78 is 1.55. The lowest BCUT2D eigenvalue weighted by atomic mass is 10.1. The van der Waals surface area contributed by atoms with Crippen LogP contribution in [0.1, 0.15) is 12.0 Å². The van der Waals surface area contributed by atoms with Gasteiger partial charge in [0.2, 0.25) is 5.91 Å². The van der Waals surface area contributed by atoms with Gasteiger partial charge in [-0.3, -0.25) is 14.2 Å². The van der Waals surface area contributed by atoms with Crippen molar-refractivity contribution in [1.82, 2.24) is 14.9 Å². The van der Waals surface area contributed by atoms with Crippen LogP contribution in [0.5, 0.6) is 0 Å². The number of nitrogens with one attached hydrogen (secondary N) is 2. The van der Waals surface area contributed by atoms with Gasteiger partial charge in [0.25, 0.3) is 5.56 Å². The number of hydrogen-bond donors (Lipinski definition) is 2. The zero-order valence-corrected chi connectivity index (χ0v) is 18.4. The van der Waals surface area contributed by atoms with E-state index in [2.05, 4.69) is 10.6 Å². The van der Waals surface area contributed by atoms with Crippen molar-refractivity contribution in [1.29, 1.82) is 0 Å². The Morgan fingerprint density at radius 2 is 1.66 bits per heavy atom. The Hall–Kier alpha value is -3.84. The summed E-state index contributed by atoms with van der Waals surface area (Å²) in [5, 5.41) is 6.45. The van der Waals surface area contributed by atoms with Crippen molar-refractivity contribution in [2.45, 2.75) is 19.9 Å². The highest BCUT2D eigenvalue weighted by Gasteiger charge is 2.14. The SMILES string of the molecule is Cc1ccccc1NC(=S)NC(=O)CCn1c(-c2ccccc2)nc2ccccc2c1=O. The van der Waals surface area contributed by atoms with Gasteiger partial charge in [0.05, 0.1) is 10.9 Å². The Labute approximate surface area is 190 Å². The quantitative estimate of drug-likeness (QED) is 0.452. The molecule has 0 unspecified atom stereocenters. The van der Waals surface area contributed by atoms with Gasteiger partial charge in [-0.25, -0.2) is 4.98 Å². The van der Waals surface area contributed by atoms with Crippen molar-refractivity contribution in [3.8, 4) is 11.4 Å². The molecule has 0 aliphatic carbocycles. The van der Waals surface area contributed by atoms with Crippen LogP contribution in [-0.2, 0) is 11.3 Å². The summed E-state index contributed by atoms with van der Waals surface area (Å²) in [5.74, 6) is 0.248. The molecule has 3 aromatic carbocycles. The Morgan fingerprint density at radius 1 is 0.969 bits per heavy atom. The summed E-state index contributed by atoms with van der Waals surface area (Å²) in [6.07, 6.45) is 0.0787. The van der Waals surface area contributed by atoms with Crippen LogP contribution >= 0.6 is 12.2 Å². The Bertz CT molecular complexity index is 1350. The Morgan fingerprint density at radius 3 is 2.44 bits per heavy atom. The van der Waals surface area contributed by atoms with Crippen LogP contribution < -0.4 is 16.2 Å². The number of thiocarbonyl (C=S) groups is 1. The van der Waals surface area contributed by atoms with Gasteiger partial charge in [-0.05, 0) is 42.9 Å². The normalized spacial score (nSPS) is 10.7. The van der Waals surface area contributed by atoms with E-state index in [9.17, 15) is 9.59 Å². The van der Waals surface area contributed by atoms with E-state index in [4.69, 9.17) is 17.2 Å². The van der Waals surface area contributed by atoms with E-state index in [1.165, 1.54) is 0 Å². The van der Waals surface area contributed by atoms with Gasteiger partial charge >= 0.3 is 0 Å². The van der Waals surface area contributed by atoms with Crippen LogP contribution in [0, 0.1) is 6.92 Å². The fraction of sp³-hybridized carbons (Fsp3) is 0.120. The molecule has 0 atom stereocenters. The van der Waals surface area contributed by atoms with E-state index in [-0.39, 0.29) is 29.5 Å². The number of nitrogens with zero attached hydrogens (tertiary/aromatic N) is 2. The van der Waals surface area contributed by atoms with E-state index >= 15 is 0 Å². The maximum Gasteiger partial charge on any atom is 0.261 e. The number of fused-ring (bicyclic) bond motifs is 1. The van der Waals surface area contributed by atoms with Crippen LogP contribution in [0.2, 0.25) is 0 Å². The lowest BCUT2D eigenvalue weighted by Gasteiger charge is -2.14. The lowest BCUT2D eigenvalue weighted by molar-refractivity contribution is -0.119. The van der Waals surface area contributed by atoms with Crippen LogP contribution in [0.25, 0.3) is 22.3 Å². The number of rotatable bonds is 5. The predicted octanol–water partition coefficient (Wildman–Crippen LogP) is 4.28. The minimum Gasteiger partial charge on any atom is -0.332 e. The van der Waals surface area contributed by atoms with Gasteiger partial charge in [0.15, 0.2) is 5.11 Å². The van der Waals surface area contributed by atoms with Gasteiger partial charge in [0, 0.05) is 24.2 Å². The number of carbonyl (C=O) groups excluding carboxylic acids is 1. The monoisotopic (exact) mass is 442 g/mol. The molecular formula is C25H22N4O2S. The molecule has 160 valence electrons.